The number of aromatic nitrogens is 2. The molecule has 2 N–H and O–H groups in total. The monoisotopic (exact) mass is 663 g/mol. The highest BCUT2D eigenvalue weighted by Gasteiger charge is 2.68. The van der Waals surface area contributed by atoms with Gasteiger partial charge < -0.3 is 24.4 Å². The molecular formula is C36H43F2N3O5Si. The topological polar surface area (TPSA) is 97.8 Å². The molecule has 2 heterocycles. The Morgan fingerprint density at radius 1 is 0.915 bits per heavy atom. The number of hydrogen-bond acceptors (Lipinski definition) is 7. The minimum Gasteiger partial charge on any atom is -0.497 e. The molecule has 1 fully saturated rings. The van der Waals surface area contributed by atoms with Crippen LogP contribution in [0.2, 0.25) is 18.1 Å². The number of methoxy groups -OCH3 is 1. The van der Waals surface area contributed by atoms with Gasteiger partial charge in [0.2, 0.25) is 6.23 Å². The molecule has 0 aliphatic carbocycles. The van der Waals surface area contributed by atoms with Crippen LogP contribution in [0.5, 0.6) is 5.75 Å². The normalized spacial score (nSPS) is 21.5. The molecule has 0 amide bonds. The Morgan fingerprint density at radius 3 is 1.94 bits per heavy atom. The summed E-state index contributed by atoms with van der Waals surface area (Å²) in [6.45, 7) is 11.6. The van der Waals surface area contributed by atoms with Crippen LogP contribution in [-0.4, -0.2) is 49.2 Å². The molecule has 47 heavy (non-hydrogen) atoms. The largest absolute Gasteiger partial charge is 0.497 e. The Hall–Kier alpha value is -3.90. The summed E-state index contributed by atoms with van der Waals surface area (Å²) in [6.07, 6.45) is -2.80. The Kier molecular flexibility index (Phi) is 9.24. The molecule has 0 radical (unpaired) electrons. The number of nitrogen functional groups attached to an aromatic ring is 1. The van der Waals surface area contributed by atoms with Crippen molar-refractivity contribution in [3.05, 3.63) is 124 Å². The molecular weight excluding hydrogens is 620 g/mol. The van der Waals surface area contributed by atoms with Crippen molar-refractivity contribution in [1.82, 2.24) is 9.55 Å². The maximum atomic E-state index is 17.3. The van der Waals surface area contributed by atoms with Gasteiger partial charge in [0.1, 0.15) is 22.8 Å². The van der Waals surface area contributed by atoms with Gasteiger partial charge in [0.25, 0.3) is 0 Å². The molecule has 0 unspecified atom stereocenters. The molecule has 0 saturated carbocycles. The van der Waals surface area contributed by atoms with Gasteiger partial charge in [0.05, 0.1) is 13.7 Å². The molecule has 250 valence electrons. The average molecular weight is 664 g/mol. The summed E-state index contributed by atoms with van der Waals surface area (Å²) in [5.74, 6) is -3.24. The second-order valence-corrected chi connectivity index (χ2v) is 18.5. The summed E-state index contributed by atoms with van der Waals surface area (Å²) >= 11 is 0. The lowest BCUT2D eigenvalue weighted by molar-refractivity contribution is -0.188. The molecule has 0 bridgehead atoms. The highest BCUT2D eigenvalue weighted by Crippen LogP contribution is 2.54. The summed E-state index contributed by atoms with van der Waals surface area (Å²) in [6, 6.07) is 26.9. The number of alkyl halides is 2. The smallest absolute Gasteiger partial charge is 0.351 e. The third-order valence-corrected chi connectivity index (χ3v) is 13.9. The van der Waals surface area contributed by atoms with Crippen LogP contribution in [-0.2, 0) is 19.5 Å². The maximum absolute atomic E-state index is 17.3. The van der Waals surface area contributed by atoms with E-state index in [1.807, 2.05) is 85.9 Å². The molecule has 8 nitrogen and oxygen atoms in total. The van der Waals surface area contributed by atoms with Crippen LogP contribution < -0.4 is 16.2 Å². The molecule has 4 aromatic rings. The van der Waals surface area contributed by atoms with Crippen molar-refractivity contribution >= 4 is 14.1 Å². The van der Waals surface area contributed by atoms with Gasteiger partial charge in [-0.1, -0.05) is 93.6 Å². The third kappa shape index (κ3) is 6.37. The maximum Gasteiger partial charge on any atom is 0.351 e. The lowest BCUT2D eigenvalue weighted by atomic mass is 9.79. The van der Waals surface area contributed by atoms with E-state index in [9.17, 15) is 4.79 Å². The van der Waals surface area contributed by atoms with Crippen molar-refractivity contribution in [2.75, 3.05) is 19.5 Å². The molecule has 3 atom stereocenters. The van der Waals surface area contributed by atoms with Crippen molar-refractivity contribution in [2.45, 2.75) is 75.3 Å². The van der Waals surface area contributed by atoms with Crippen LogP contribution in [0.3, 0.4) is 0 Å². The number of nitrogens with two attached hydrogens (primary N) is 1. The number of halogens is 2. The van der Waals surface area contributed by atoms with E-state index in [2.05, 4.69) is 25.8 Å². The fraction of sp³-hybridized carbons (Fsp3) is 0.389. The minimum absolute atomic E-state index is 0.0870. The number of nitrogens with zero attached hydrogens (tertiary/aromatic N) is 2. The average Bonchev–Trinajstić information content (AvgIpc) is 3.23. The summed E-state index contributed by atoms with van der Waals surface area (Å²) in [5, 5.41) is -0.209. The first kappa shape index (κ1) is 34.4. The zero-order valence-electron chi connectivity index (χ0n) is 27.9. The lowest BCUT2D eigenvalue weighted by Crippen LogP contribution is -2.55. The van der Waals surface area contributed by atoms with Gasteiger partial charge >= 0.3 is 11.6 Å². The molecule has 11 heteroatoms. The summed E-state index contributed by atoms with van der Waals surface area (Å²) in [7, 11) is -0.907. The zero-order valence-corrected chi connectivity index (χ0v) is 28.9. The van der Waals surface area contributed by atoms with Crippen LogP contribution in [0.15, 0.2) is 102 Å². The fourth-order valence-electron chi connectivity index (χ4n) is 5.68. The van der Waals surface area contributed by atoms with Gasteiger partial charge in [-0.25, -0.2) is 4.79 Å². The van der Waals surface area contributed by atoms with Crippen LogP contribution in [0.1, 0.15) is 50.6 Å². The predicted octanol–water partition coefficient (Wildman–Crippen LogP) is 7.16. The summed E-state index contributed by atoms with van der Waals surface area (Å²) in [5.41, 5.74) is 3.29. The van der Waals surface area contributed by atoms with Gasteiger partial charge in [-0.2, -0.15) is 13.8 Å². The third-order valence-electron chi connectivity index (χ3n) is 9.40. The molecule has 1 aromatic heterocycles. The SMILES string of the molecule is COc1ccc(C(O[C@H]2C(F)(F)[C@H](n3ccc(N)nc3=O)O[C@]2(C)CO[Si](C)(C)C(C)(C)C)(c2ccccc2)c2ccccc2)cc1. The molecule has 1 aliphatic rings. The van der Waals surface area contributed by atoms with Crippen molar-refractivity contribution in [3.8, 4) is 5.75 Å². The molecule has 3 aromatic carbocycles. The molecule has 0 spiro atoms. The van der Waals surface area contributed by atoms with Gasteiger partial charge in [-0.3, -0.25) is 4.57 Å². The standard InChI is InChI=1S/C36H43F2N3O5Si/c1-33(2,3)47(6,7)44-24-34(4)30(36(37,38)31(46-34)41-23-22-29(39)40-32(41)42)45-35(25-14-10-8-11-15-25,26-16-12-9-13-17-26)27-18-20-28(43-5)21-19-27/h8-23,30-31H,24H2,1-7H3,(H2,39,40,42)/t30-,31-,34-/m1/s1. The van der Waals surface area contributed by atoms with E-state index in [4.69, 9.17) is 24.4 Å². The Labute approximate surface area is 275 Å². The Balaban J connectivity index is 1.75. The number of rotatable bonds is 10. The van der Waals surface area contributed by atoms with Crippen LogP contribution in [0.25, 0.3) is 0 Å². The Morgan fingerprint density at radius 2 is 1.45 bits per heavy atom. The van der Waals surface area contributed by atoms with Crippen LogP contribution in [0, 0.1) is 0 Å². The number of benzene rings is 3. The lowest BCUT2D eigenvalue weighted by Gasteiger charge is -2.44. The van der Waals surface area contributed by atoms with Crippen molar-refractivity contribution < 1.29 is 27.4 Å². The van der Waals surface area contributed by atoms with E-state index in [-0.39, 0.29) is 17.5 Å². The van der Waals surface area contributed by atoms with E-state index in [0.29, 0.717) is 22.4 Å². The van der Waals surface area contributed by atoms with Crippen LogP contribution in [0.4, 0.5) is 14.6 Å². The Bertz CT molecular complexity index is 1690. The quantitative estimate of drug-likeness (QED) is 0.142. The first-order chi connectivity index (χ1) is 22.0. The summed E-state index contributed by atoms with van der Waals surface area (Å²) < 4.78 is 60.5. The van der Waals surface area contributed by atoms with Crippen molar-refractivity contribution in [2.24, 2.45) is 0 Å². The minimum atomic E-state index is -3.76. The van der Waals surface area contributed by atoms with E-state index in [1.165, 1.54) is 12.3 Å². The van der Waals surface area contributed by atoms with E-state index >= 15 is 8.78 Å². The second kappa shape index (κ2) is 12.6. The number of hydrogen-bond donors (Lipinski definition) is 1. The van der Waals surface area contributed by atoms with Crippen LogP contribution >= 0.6 is 0 Å². The predicted molar refractivity (Wildman–Crippen MR) is 180 cm³/mol. The highest BCUT2D eigenvalue weighted by molar-refractivity contribution is 6.74. The van der Waals surface area contributed by atoms with Gasteiger partial charge in [-0.05, 0) is 59.9 Å². The first-order valence-corrected chi connectivity index (χ1v) is 18.4. The van der Waals surface area contributed by atoms with Gasteiger partial charge in [0.15, 0.2) is 14.4 Å². The van der Waals surface area contributed by atoms with E-state index in [1.54, 1.807) is 26.2 Å². The molecule has 5 rings (SSSR count). The summed E-state index contributed by atoms with van der Waals surface area (Å²) in [4.78, 5) is 16.7. The second-order valence-electron chi connectivity index (χ2n) is 13.7. The highest BCUT2D eigenvalue weighted by atomic mass is 28.4. The van der Waals surface area contributed by atoms with Gasteiger partial charge in [0, 0.05) is 6.20 Å². The van der Waals surface area contributed by atoms with Gasteiger partial charge in [-0.15, -0.1) is 0 Å². The fourth-order valence-corrected chi connectivity index (χ4v) is 6.76. The molecule has 1 saturated heterocycles. The van der Waals surface area contributed by atoms with Crippen molar-refractivity contribution in [3.63, 3.8) is 0 Å². The van der Waals surface area contributed by atoms with E-state index in [0.717, 1.165) is 4.57 Å². The first-order valence-electron chi connectivity index (χ1n) is 15.5. The number of ether oxygens (including phenoxy) is 3. The zero-order chi connectivity index (χ0) is 34.3. The van der Waals surface area contributed by atoms with Crippen molar-refractivity contribution in [1.29, 1.82) is 0 Å². The molecule has 1 aliphatic heterocycles. The van der Waals surface area contributed by atoms with E-state index < -0.39 is 43.5 Å². The number of anilines is 1.